The Balaban J connectivity index is 2.61. The minimum absolute atomic E-state index is 0.00195. The van der Waals surface area contributed by atoms with Crippen LogP contribution in [0.1, 0.15) is 52.4 Å². The average Bonchev–Trinajstić information content (AvgIpc) is 2.71. The fourth-order valence-corrected chi connectivity index (χ4v) is 2.75. The van der Waals surface area contributed by atoms with Crippen molar-refractivity contribution < 1.29 is 4.79 Å². The minimum Gasteiger partial charge on any atom is -0.356 e. The zero-order chi connectivity index (χ0) is 17.3. The van der Waals surface area contributed by atoms with Crippen LogP contribution in [-0.2, 0) is 4.79 Å². The Kier molecular flexibility index (Phi) is 8.13. The first-order valence-corrected chi connectivity index (χ1v) is 8.69. The number of aliphatic imine (C=N–C) groups is 1. The molecule has 0 saturated heterocycles. The lowest BCUT2D eigenvalue weighted by molar-refractivity contribution is -0.127. The van der Waals surface area contributed by atoms with Crippen molar-refractivity contribution in [1.82, 2.24) is 15.5 Å². The van der Waals surface area contributed by atoms with E-state index in [0.717, 1.165) is 12.1 Å². The van der Waals surface area contributed by atoms with Gasteiger partial charge in [-0.15, -0.1) is 0 Å². The van der Waals surface area contributed by atoms with Crippen LogP contribution < -0.4 is 10.6 Å². The molecule has 0 spiro atoms. The molecule has 1 rings (SSSR count). The topological polar surface area (TPSA) is 56.7 Å². The molecular weight excluding hydrogens is 288 g/mol. The predicted molar refractivity (Wildman–Crippen MR) is 97.6 cm³/mol. The maximum atomic E-state index is 11.7. The van der Waals surface area contributed by atoms with Crippen LogP contribution in [0.4, 0.5) is 0 Å². The number of amides is 1. The van der Waals surface area contributed by atoms with Gasteiger partial charge in [0.15, 0.2) is 5.96 Å². The maximum absolute atomic E-state index is 11.7. The van der Waals surface area contributed by atoms with Gasteiger partial charge in [-0.3, -0.25) is 4.79 Å². The van der Waals surface area contributed by atoms with E-state index in [1.807, 2.05) is 6.92 Å². The Morgan fingerprint density at radius 3 is 2.30 bits per heavy atom. The quantitative estimate of drug-likeness (QED) is 0.342. The number of likely N-dealkylation sites (N-methyl/N-ethyl adjacent to an activating group) is 1. The third-order valence-electron chi connectivity index (χ3n) is 4.42. The van der Waals surface area contributed by atoms with Gasteiger partial charge in [-0.1, -0.05) is 44.8 Å². The van der Waals surface area contributed by atoms with Gasteiger partial charge >= 0.3 is 0 Å². The first kappa shape index (κ1) is 19.5. The summed E-state index contributed by atoms with van der Waals surface area (Å²) in [5.74, 6) is 0.704. The molecule has 2 N–H and O–H groups in total. The molecule has 5 nitrogen and oxygen atoms in total. The Morgan fingerprint density at radius 2 is 1.78 bits per heavy atom. The fourth-order valence-electron chi connectivity index (χ4n) is 2.75. The lowest BCUT2D eigenvalue weighted by atomic mass is 9.82. The number of hydrogen-bond acceptors (Lipinski definition) is 2. The maximum Gasteiger partial charge on any atom is 0.243 e. The van der Waals surface area contributed by atoms with E-state index in [-0.39, 0.29) is 12.5 Å². The lowest BCUT2D eigenvalue weighted by Crippen LogP contribution is -2.44. The summed E-state index contributed by atoms with van der Waals surface area (Å²) < 4.78 is 0. The SMILES string of the molecule is C=C(C)CNC(=NCC(=O)N(C)C)NCC1(C)CCCCCC1. The molecule has 1 aliphatic carbocycles. The Morgan fingerprint density at radius 1 is 1.17 bits per heavy atom. The largest absolute Gasteiger partial charge is 0.356 e. The fraction of sp³-hybridized carbons (Fsp3) is 0.778. The molecule has 0 bridgehead atoms. The summed E-state index contributed by atoms with van der Waals surface area (Å²) >= 11 is 0. The molecule has 0 unspecified atom stereocenters. The van der Waals surface area contributed by atoms with Crippen LogP contribution in [0.5, 0.6) is 0 Å². The van der Waals surface area contributed by atoms with E-state index in [1.165, 1.54) is 38.5 Å². The highest BCUT2D eigenvalue weighted by atomic mass is 16.2. The van der Waals surface area contributed by atoms with Gasteiger partial charge in [0.25, 0.3) is 0 Å². The molecule has 132 valence electrons. The molecule has 23 heavy (non-hydrogen) atoms. The summed E-state index contributed by atoms with van der Waals surface area (Å²) in [5.41, 5.74) is 1.35. The van der Waals surface area contributed by atoms with Gasteiger partial charge in [-0.2, -0.15) is 0 Å². The lowest BCUT2D eigenvalue weighted by Gasteiger charge is -2.29. The average molecular weight is 322 g/mol. The third-order valence-corrected chi connectivity index (χ3v) is 4.42. The standard InChI is InChI=1S/C18H34N4O/c1-15(2)12-19-17(20-13-16(23)22(4)5)21-14-18(3)10-8-6-7-9-11-18/h1,6-14H2,2-5H3,(H2,19,20,21). The van der Waals surface area contributed by atoms with Gasteiger partial charge in [0.05, 0.1) is 0 Å². The van der Waals surface area contributed by atoms with E-state index < -0.39 is 0 Å². The summed E-state index contributed by atoms with van der Waals surface area (Å²) in [6, 6.07) is 0. The molecular formula is C18H34N4O. The summed E-state index contributed by atoms with van der Waals surface area (Å²) in [6.45, 7) is 9.96. The smallest absolute Gasteiger partial charge is 0.243 e. The molecule has 0 aliphatic heterocycles. The molecule has 0 atom stereocenters. The van der Waals surface area contributed by atoms with Crippen LogP contribution in [0.25, 0.3) is 0 Å². The predicted octanol–water partition coefficient (Wildman–Crippen LogP) is 2.55. The highest BCUT2D eigenvalue weighted by Crippen LogP contribution is 2.33. The van der Waals surface area contributed by atoms with Crippen molar-refractivity contribution in [1.29, 1.82) is 0 Å². The van der Waals surface area contributed by atoms with E-state index in [2.05, 4.69) is 29.1 Å². The van der Waals surface area contributed by atoms with Gasteiger partial charge in [0.1, 0.15) is 6.54 Å². The number of hydrogen-bond donors (Lipinski definition) is 2. The monoisotopic (exact) mass is 322 g/mol. The number of nitrogens with one attached hydrogen (secondary N) is 2. The second-order valence-corrected chi connectivity index (χ2v) is 7.34. The summed E-state index contributed by atoms with van der Waals surface area (Å²) in [5, 5.41) is 6.69. The number of carbonyl (C=O) groups is 1. The van der Waals surface area contributed by atoms with Crippen molar-refractivity contribution >= 4 is 11.9 Å². The van der Waals surface area contributed by atoms with Gasteiger partial charge in [-0.05, 0) is 25.2 Å². The van der Waals surface area contributed by atoms with Crippen molar-refractivity contribution in [3.63, 3.8) is 0 Å². The molecule has 5 heteroatoms. The molecule has 0 heterocycles. The zero-order valence-corrected chi connectivity index (χ0v) is 15.4. The number of nitrogens with zero attached hydrogens (tertiary/aromatic N) is 2. The molecule has 1 fully saturated rings. The van der Waals surface area contributed by atoms with Crippen molar-refractivity contribution in [2.24, 2.45) is 10.4 Å². The molecule has 1 saturated carbocycles. The van der Waals surface area contributed by atoms with Gasteiger partial charge in [0, 0.05) is 27.2 Å². The van der Waals surface area contributed by atoms with Crippen molar-refractivity contribution in [2.45, 2.75) is 52.4 Å². The first-order valence-electron chi connectivity index (χ1n) is 8.69. The van der Waals surface area contributed by atoms with E-state index >= 15 is 0 Å². The second kappa shape index (κ2) is 9.58. The first-order chi connectivity index (χ1) is 10.8. The normalized spacial score (nSPS) is 18.0. The molecule has 1 amide bonds. The van der Waals surface area contributed by atoms with E-state index in [9.17, 15) is 4.79 Å². The molecule has 1 aliphatic rings. The Hall–Kier alpha value is -1.52. The second-order valence-electron chi connectivity index (χ2n) is 7.34. The number of carbonyl (C=O) groups excluding carboxylic acids is 1. The van der Waals surface area contributed by atoms with Crippen LogP contribution in [0, 0.1) is 5.41 Å². The summed E-state index contributed by atoms with van der Waals surface area (Å²) in [6.07, 6.45) is 7.82. The van der Waals surface area contributed by atoms with Crippen LogP contribution in [0.2, 0.25) is 0 Å². The zero-order valence-electron chi connectivity index (χ0n) is 15.4. The molecule has 0 aromatic carbocycles. The summed E-state index contributed by atoms with van der Waals surface area (Å²) in [7, 11) is 3.50. The third kappa shape index (κ3) is 8.05. The highest BCUT2D eigenvalue weighted by molar-refractivity contribution is 5.84. The molecule has 0 aromatic rings. The van der Waals surface area contributed by atoms with Crippen LogP contribution in [0.15, 0.2) is 17.1 Å². The molecule has 0 aromatic heterocycles. The summed E-state index contributed by atoms with van der Waals surface area (Å²) in [4.78, 5) is 17.7. The van der Waals surface area contributed by atoms with Crippen molar-refractivity contribution in [3.8, 4) is 0 Å². The molecule has 0 radical (unpaired) electrons. The highest BCUT2D eigenvalue weighted by Gasteiger charge is 2.25. The van der Waals surface area contributed by atoms with Crippen LogP contribution >= 0.6 is 0 Å². The van der Waals surface area contributed by atoms with E-state index in [1.54, 1.807) is 19.0 Å². The van der Waals surface area contributed by atoms with E-state index in [4.69, 9.17) is 0 Å². The Bertz CT molecular complexity index is 421. The number of guanidine groups is 1. The van der Waals surface area contributed by atoms with Crippen molar-refractivity contribution in [2.75, 3.05) is 33.7 Å². The van der Waals surface area contributed by atoms with Gasteiger partial charge in [-0.25, -0.2) is 4.99 Å². The number of rotatable bonds is 6. The van der Waals surface area contributed by atoms with Gasteiger partial charge < -0.3 is 15.5 Å². The van der Waals surface area contributed by atoms with Crippen LogP contribution in [0.3, 0.4) is 0 Å². The van der Waals surface area contributed by atoms with Crippen molar-refractivity contribution in [3.05, 3.63) is 12.2 Å². The van der Waals surface area contributed by atoms with E-state index in [0.29, 0.717) is 17.9 Å². The minimum atomic E-state index is 0.00195. The van der Waals surface area contributed by atoms with Crippen LogP contribution in [-0.4, -0.2) is 50.5 Å². The van der Waals surface area contributed by atoms with Gasteiger partial charge in [0.2, 0.25) is 5.91 Å². The Labute approximate surface area is 141 Å².